The van der Waals surface area contributed by atoms with Gasteiger partial charge in [0.15, 0.2) is 0 Å². The van der Waals surface area contributed by atoms with Crippen molar-refractivity contribution >= 4 is 0 Å². The van der Waals surface area contributed by atoms with Gasteiger partial charge in [-0.2, -0.15) is 0 Å². The van der Waals surface area contributed by atoms with Gasteiger partial charge in [-0.3, -0.25) is 10.6 Å². The van der Waals surface area contributed by atoms with Gasteiger partial charge >= 0.3 is 0 Å². The first kappa shape index (κ1) is 10.7. The van der Waals surface area contributed by atoms with Gasteiger partial charge in [0.1, 0.15) is 0 Å². The summed E-state index contributed by atoms with van der Waals surface area (Å²) in [5, 5.41) is 6.71. The van der Waals surface area contributed by atoms with Gasteiger partial charge < -0.3 is 0 Å². The van der Waals surface area contributed by atoms with Gasteiger partial charge in [0.2, 0.25) is 0 Å². The molecule has 0 bridgehead atoms. The van der Waals surface area contributed by atoms with Crippen molar-refractivity contribution in [1.29, 1.82) is 0 Å². The van der Waals surface area contributed by atoms with Crippen LogP contribution in [0.3, 0.4) is 0 Å². The molecular formula is C13H20N2. The number of benzene rings is 1. The molecule has 0 saturated carbocycles. The minimum Gasteiger partial charge on any atom is -0.299 e. The van der Waals surface area contributed by atoms with Crippen LogP contribution < -0.4 is 10.6 Å². The van der Waals surface area contributed by atoms with E-state index in [9.17, 15) is 0 Å². The smallest absolute Gasteiger partial charge is 0.0918 e. The van der Waals surface area contributed by atoms with E-state index in [-0.39, 0.29) is 5.66 Å². The number of fused-ring (bicyclic) bond motifs is 1. The number of rotatable bonds is 3. The van der Waals surface area contributed by atoms with Crippen molar-refractivity contribution in [3.63, 3.8) is 0 Å². The topological polar surface area (TPSA) is 24.1 Å². The summed E-state index contributed by atoms with van der Waals surface area (Å²) >= 11 is 0. The Labute approximate surface area is 92.1 Å². The van der Waals surface area contributed by atoms with Crippen LogP contribution in [0.1, 0.15) is 29.2 Å². The standard InChI is InChI=1S/C13H20N2/c1-9-5-8-12(11-7-6-10(9)11)13(2,14-3)15-4/h5,8,14-15H,6-7H2,1-4H3. The molecule has 0 aromatic heterocycles. The third-order valence-corrected chi connectivity index (χ3v) is 3.83. The van der Waals surface area contributed by atoms with Gasteiger partial charge in [0, 0.05) is 0 Å². The second-order valence-electron chi connectivity index (χ2n) is 4.51. The van der Waals surface area contributed by atoms with Crippen molar-refractivity contribution in [1.82, 2.24) is 10.6 Å². The molecule has 0 fully saturated rings. The van der Waals surface area contributed by atoms with Crippen LogP contribution in [0.15, 0.2) is 12.1 Å². The van der Waals surface area contributed by atoms with Gasteiger partial charge in [-0.25, -0.2) is 0 Å². The Morgan fingerprint density at radius 2 is 1.67 bits per heavy atom. The molecule has 1 aromatic carbocycles. The second-order valence-corrected chi connectivity index (χ2v) is 4.51. The summed E-state index contributed by atoms with van der Waals surface area (Å²) in [6, 6.07) is 4.49. The molecule has 0 saturated heterocycles. The zero-order valence-corrected chi connectivity index (χ0v) is 10.1. The van der Waals surface area contributed by atoms with E-state index in [0.717, 1.165) is 0 Å². The van der Waals surface area contributed by atoms with E-state index in [0.29, 0.717) is 0 Å². The van der Waals surface area contributed by atoms with Crippen LogP contribution in [0.2, 0.25) is 0 Å². The first-order chi connectivity index (χ1) is 7.12. The summed E-state index contributed by atoms with van der Waals surface area (Å²) in [6.07, 6.45) is 2.48. The van der Waals surface area contributed by atoms with E-state index in [4.69, 9.17) is 0 Å². The normalized spacial score (nSPS) is 14.7. The van der Waals surface area contributed by atoms with E-state index in [1.165, 1.54) is 24.0 Å². The van der Waals surface area contributed by atoms with E-state index in [1.807, 2.05) is 14.1 Å². The summed E-state index contributed by atoms with van der Waals surface area (Å²) in [6.45, 7) is 4.40. The lowest BCUT2D eigenvalue weighted by atomic mass is 9.78. The Kier molecular flexibility index (Phi) is 2.57. The zero-order chi connectivity index (χ0) is 11.1. The Bertz CT molecular complexity index is 378. The van der Waals surface area contributed by atoms with Crippen LogP contribution in [0.25, 0.3) is 0 Å². The first-order valence-corrected chi connectivity index (χ1v) is 5.62. The summed E-state index contributed by atoms with van der Waals surface area (Å²) in [5.41, 5.74) is 5.84. The maximum Gasteiger partial charge on any atom is 0.0918 e. The van der Waals surface area contributed by atoms with Crippen LogP contribution in [0, 0.1) is 6.92 Å². The van der Waals surface area contributed by atoms with Gasteiger partial charge in [0.05, 0.1) is 5.66 Å². The van der Waals surface area contributed by atoms with Crippen molar-refractivity contribution in [2.75, 3.05) is 14.1 Å². The molecule has 82 valence electrons. The largest absolute Gasteiger partial charge is 0.299 e. The molecule has 0 unspecified atom stereocenters. The van der Waals surface area contributed by atoms with E-state index in [1.54, 1.807) is 11.1 Å². The highest BCUT2D eigenvalue weighted by atomic mass is 15.2. The number of hydrogen-bond acceptors (Lipinski definition) is 2. The maximum atomic E-state index is 3.35. The lowest BCUT2D eigenvalue weighted by Crippen LogP contribution is -2.49. The Balaban J connectivity index is 2.50. The molecule has 1 aromatic rings. The van der Waals surface area contributed by atoms with Crippen molar-refractivity contribution in [3.8, 4) is 0 Å². The van der Waals surface area contributed by atoms with Gasteiger partial charge in [0.25, 0.3) is 0 Å². The fourth-order valence-electron chi connectivity index (χ4n) is 2.38. The molecule has 2 heteroatoms. The molecule has 0 amide bonds. The molecule has 0 aliphatic heterocycles. The fraction of sp³-hybridized carbons (Fsp3) is 0.538. The first-order valence-electron chi connectivity index (χ1n) is 5.62. The third-order valence-electron chi connectivity index (χ3n) is 3.83. The predicted octanol–water partition coefficient (Wildman–Crippen LogP) is 1.71. The highest BCUT2D eigenvalue weighted by Crippen LogP contribution is 2.34. The molecule has 0 heterocycles. The molecule has 2 N–H and O–H groups in total. The number of nitrogens with one attached hydrogen (secondary N) is 2. The monoisotopic (exact) mass is 204 g/mol. The Hall–Kier alpha value is -0.860. The minimum atomic E-state index is -0.0990. The zero-order valence-electron chi connectivity index (χ0n) is 10.1. The quantitative estimate of drug-likeness (QED) is 0.732. The highest BCUT2D eigenvalue weighted by molar-refractivity contribution is 5.49. The van der Waals surface area contributed by atoms with Crippen LogP contribution >= 0.6 is 0 Å². The lowest BCUT2D eigenvalue weighted by molar-refractivity contribution is 0.333. The molecule has 1 aliphatic carbocycles. The molecule has 0 atom stereocenters. The van der Waals surface area contributed by atoms with Crippen molar-refractivity contribution in [2.24, 2.45) is 0 Å². The van der Waals surface area contributed by atoms with Crippen LogP contribution in [0.4, 0.5) is 0 Å². The summed E-state index contributed by atoms with van der Waals surface area (Å²) < 4.78 is 0. The lowest BCUT2D eigenvalue weighted by Gasteiger charge is -2.36. The summed E-state index contributed by atoms with van der Waals surface area (Å²) in [4.78, 5) is 0. The molecule has 15 heavy (non-hydrogen) atoms. The third kappa shape index (κ3) is 1.48. The summed E-state index contributed by atoms with van der Waals surface area (Å²) in [5.74, 6) is 0. The Morgan fingerprint density at radius 1 is 1.07 bits per heavy atom. The van der Waals surface area contributed by atoms with Crippen LogP contribution in [0.5, 0.6) is 0 Å². The molecule has 2 nitrogen and oxygen atoms in total. The molecule has 0 spiro atoms. The van der Waals surface area contributed by atoms with Crippen LogP contribution in [-0.4, -0.2) is 14.1 Å². The molecular weight excluding hydrogens is 184 g/mol. The maximum absolute atomic E-state index is 3.35. The van der Waals surface area contributed by atoms with Gasteiger partial charge in [-0.05, 0) is 63.0 Å². The molecule has 2 rings (SSSR count). The van der Waals surface area contributed by atoms with E-state index >= 15 is 0 Å². The second kappa shape index (κ2) is 3.62. The highest BCUT2D eigenvalue weighted by Gasteiger charge is 2.29. The average molecular weight is 204 g/mol. The number of hydrogen-bond donors (Lipinski definition) is 2. The van der Waals surface area contributed by atoms with Crippen molar-refractivity contribution in [3.05, 3.63) is 34.4 Å². The van der Waals surface area contributed by atoms with Gasteiger partial charge in [-0.15, -0.1) is 0 Å². The van der Waals surface area contributed by atoms with E-state index in [2.05, 4.69) is 36.6 Å². The SMILES string of the molecule is CNC(C)(NC)c1ccc(C)c2c1CC2. The predicted molar refractivity (Wildman–Crippen MR) is 64.1 cm³/mol. The van der Waals surface area contributed by atoms with Crippen molar-refractivity contribution < 1.29 is 0 Å². The number of aryl methyl sites for hydroxylation is 1. The van der Waals surface area contributed by atoms with Gasteiger partial charge in [-0.1, -0.05) is 12.1 Å². The Morgan fingerprint density at radius 3 is 2.13 bits per heavy atom. The summed E-state index contributed by atoms with van der Waals surface area (Å²) in [7, 11) is 4.00. The fourth-order valence-corrected chi connectivity index (χ4v) is 2.38. The molecule has 0 radical (unpaired) electrons. The average Bonchev–Trinajstić information content (AvgIpc) is 2.19. The van der Waals surface area contributed by atoms with Crippen molar-refractivity contribution in [2.45, 2.75) is 32.4 Å². The molecule has 1 aliphatic rings. The minimum absolute atomic E-state index is 0.0990. The van der Waals surface area contributed by atoms with Crippen LogP contribution in [-0.2, 0) is 18.5 Å². The van der Waals surface area contributed by atoms with E-state index < -0.39 is 0 Å².